The van der Waals surface area contributed by atoms with Crippen LogP contribution < -0.4 is 4.74 Å². The molecule has 2 heteroatoms. The molecular weight excluding hydrogens is 198 g/mol. The molecule has 88 valence electrons. The minimum absolute atomic E-state index is 0.659. The second-order valence-electron chi connectivity index (χ2n) is 4.54. The molecule has 1 fully saturated rings. The van der Waals surface area contributed by atoms with Gasteiger partial charge in [0.1, 0.15) is 5.75 Å². The van der Waals surface area contributed by atoms with Crippen LogP contribution in [0, 0.1) is 0 Å². The number of para-hydroxylation sites is 1. The van der Waals surface area contributed by atoms with Crippen molar-refractivity contribution in [2.75, 3.05) is 19.7 Å². The van der Waals surface area contributed by atoms with Crippen LogP contribution in [0.4, 0.5) is 0 Å². The number of rotatable bonds is 5. The Labute approximate surface area is 98.2 Å². The van der Waals surface area contributed by atoms with Gasteiger partial charge in [-0.3, -0.25) is 0 Å². The van der Waals surface area contributed by atoms with Crippen LogP contribution in [0.15, 0.2) is 30.3 Å². The number of hydrogen-bond acceptors (Lipinski definition) is 2. The fourth-order valence-corrected chi connectivity index (χ4v) is 2.23. The molecule has 1 atom stereocenters. The molecule has 2 rings (SSSR count). The van der Waals surface area contributed by atoms with Crippen LogP contribution in [0.1, 0.15) is 26.2 Å². The van der Waals surface area contributed by atoms with Crippen molar-refractivity contribution in [3.05, 3.63) is 30.3 Å². The summed E-state index contributed by atoms with van der Waals surface area (Å²) in [5, 5.41) is 0. The Morgan fingerprint density at radius 2 is 1.88 bits per heavy atom. The Morgan fingerprint density at radius 1 is 1.19 bits per heavy atom. The average molecular weight is 219 g/mol. The molecule has 0 aromatic heterocycles. The van der Waals surface area contributed by atoms with Crippen LogP contribution in [0.5, 0.6) is 5.75 Å². The third-order valence-corrected chi connectivity index (χ3v) is 3.31. The molecule has 0 radical (unpaired) electrons. The van der Waals surface area contributed by atoms with E-state index in [-0.39, 0.29) is 0 Å². The monoisotopic (exact) mass is 219 g/mol. The van der Waals surface area contributed by atoms with Gasteiger partial charge in [-0.2, -0.15) is 0 Å². The van der Waals surface area contributed by atoms with E-state index in [0.717, 1.165) is 18.8 Å². The van der Waals surface area contributed by atoms with E-state index in [1.807, 2.05) is 30.3 Å². The lowest BCUT2D eigenvalue weighted by molar-refractivity contribution is 0.206. The zero-order valence-electron chi connectivity index (χ0n) is 10.1. The maximum atomic E-state index is 5.71. The summed E-state index contributed by atoms with van der Waals surface area (Å²) in [6, 6.07) is 10.7. The quantitative estimate of drug-likeness (QED) is 0.755. The van der Waals surface area contributed by atoms with Crippen molar-refractivity contribution in [2.45, 2.75) is 32.2 Å². The van der Waals surface area contributed by atoms with E-state index in [4.69, 9.17) is 4.74 Å². The molecule has 1 aliphatic heterocycles. The predicted octanol–water partition coefficient (Wildman–Crippen LogP) is 2.94. The van der Waals surface area contributed by atoms with Crippen molar-refractivity contribution in [2.24, 2.45) is 0 Å². The van der Waals surface area contributed by atoms with Crippen molar-refractivity contribution >= 4 is 0 Å². The zero-order valence-corrected chi connectivity index (χ0v) is 10.1. The molecule has 0 saturated carbocycles. The van der Waals surface area contributed by atoms with Gasteiger partial charge in [0.15, 0.2) is 0 Å². The molecular formula is C14H21NO. The number of hydrogen-bond donors (Lipinski definition) is 0. The molecule has 2 nitrogen and oxygen atoms in total. The molecule has 1 aromatic carbocycles. The van der Waals surface area contributed by atoms with Crippen LogP contribution in [0.25, 0.3) is 0 Å². The predicted molar refractivity (Wildman–Crippen MR) is 66.8 cm³/mol. The molecule has 0 spiro atoms. The van der Waals surface area contributed by atoms with E-state index in [2.05, 4.69) is 11.8 Å². The fraction of sp³-hybridized carbons (Fsp3) is 0.571. The SMILES string of the molecule is CC(CCOc1ccccc1)N1CCCC1. The molecule has 0 amide bonds. The normalized spacial score (nSPS) is 18.6. The summed E-state index contributed by atoms with van der Waals surface area (Å²) in [5.41, 5.74) is 0. The minimum Gasteiger partial charge on any atom is -0.494 e. The van der Waals surface area contributed by atoms with Gasteiger partial charge in [-0.05, 0) is 51.4 Å². The van der Waals surface area contributed by atoms with Crippen molar-refractivity contribution in [1.82, 2.24) is 4.90 Å². The van der Waals surface area contributed by atoms with E-state index < -0.39 is 0 Å². The highest BCUT2D eigenvalue weighted by Gasteiger charge is 2.17. The smallest absolute Gasteiger partial charge is 0.119 e. The Balaban J connectivity index is 1.67. The van der Waals surface area contributed by atoms with Gasteiger partial charge in [0, 0.05) is 6.04 Å². The van der Waals surface area contributed by atoms with Crippen molar-refractivity contribution < 1.29 is 4.74 Å². The van der Waals surface area contributed by atoms with E-state index in [9.17, 15) is 0 Å². The van der Waals surface area contributed by atoms with Crippen molar-refractivity contribution in [1.29, 1.82) is 0 Å². The summed E-state index contributed by atoms with van der Waals surface area (Å²) in [6.07, 6.45) is 3.85. The van der Waals surface area contributed by atoms with E-state index in [0.29, 0.717) is 6.04 Å². The van der Waals surface area contributed by atoms with Gasteiger partial charge in [0.25, 0.3) is 0 Å². The summed E-state index contributed by atoms with van der Waals surface area (Å²) in [5.74, 6) is 0.983. The third-order valence-electron chi connectivity index (χ3n) is 3.31. The highest BCUT2D eigenvalue weighted by atomic mass is 16.5. The summed E-state index contributed by atoms with van der Waals surface area (Å²) in [7, 11) is 0. The number of likely N-dealkylation sites (tertiary alicyclic amines) is 1. The first-order valence-electron chi connectivity index (χ1n) is 6.28. The molecule has 0 N–H and O–H groups in total. The summed E-state index contributed by atoms with van der Waals surface area (Å²) < 4.78 is 5.71. The third kappa shape index (κ3) is 3.24. The maximum Gasteiger partial charge on any atom is 0.119 e. The van der Waals surface area contributed by atoms with Crippen LogP contribution in [0.2, 0.25) is 0 Å². The summed E-state index contributed by atoms with van der Waals surface area (Å²) >= 11 is 0. The van der Waals surface area contributed by atoms with Crippen LogP contribution in [0.3, 0.4) is 0 Å². The van der Waals surface area contributed by atoms with Gasteiger partial charge in [-0.1, -0.05) is 18.2 Å². The lowest BCUT2D eigenvalue weighted by Gasteiger charge is -2.23. The average Bonchev–Trinajstić information content (AvgIpc) is 2.84. The number of benzene rings is 1. The molecule has 1 aliphatic rings. The zero-order chi connectivity index (χ0) is 11.2. The molecule has 1 aromatic rings. The van der Waals surface area contributed by atoms with Crippen LogP contribution in [-0.2, 0) is 0 Å². The van der Waals surface area contributed by atoms with Gasteiger partial charge in [0.2, 0.25) is 0 Å². The summed E-state index contributed by atoms with van der Waals surface area (Å²) in [4.78, 5) is 2.56. The Morgan fingerprint density at radius 3 is 2.56 bits per heavy atom. The van der Waals surface area contributed by atoms with Gasteiger partial charge < -0.3 is 9.64 Å². The van der Waals surface area contributed by atoms with E-state index in [1.165, 1.54) is 25.9 Å². The summed E-state index contributed by atoms with van der Waals surface area (Å²) in [6.45, 7) is 5.67. The largest absolute Gasteiger partial charge is 0.494 e. The van der Waals surface area contributed by atoms with Crippen molar-refractivity contribution in [3.8, 4) is 5.75 Å². The molecule has 0 aliphatic carbocycles. The van der Waals surface area contributed by atoms with Gasteiger partial charge >= 0.3 is 0 Å². The topological polar surface area (TPSA) is 12.5 Å². The Bertz CT molecular complexity index is 293. The van der Waals surface area contributed by atoms with Gasteiger partial charge in [-0.15, -0.1) is 0 Å². The number of nitrogens with zero attached hydrogens (tertiary/aromatic N) is 1. The fourth-order valence-electron chi connectivity index (χ4n) is 2.23. The van der Waals surface area contributed by atoms with Crippen molar-refractivity contribution in [3.63, 3.8) is 0 Å². The maximum absolute atomic E-state index is 5.71. The van der Waals surface area contributed by atoms with E-state index in [1.54, 1.807) is 0 Å². The van der Waals surface area contributed by atoms with E-state index >= 15 is 0 Å². The molecule has 1 saturated heterocycles. The molecule has 0 bridgehead atoms. The second-order valence-corrected chi connectivity index (χ2v) is 4.54. The standard InChI is InChI=1S/C14H21NO/c1-13(15-10-5-6-11-15)9-12-16-14-7-3-2-4-8-14/h2-4,7-8,13H,5-6,9-12H2,1H3. The Hall–Kier alpha value is -1.02. The highest BCUT2D eigenvalue weighted by molar-refractivity contribution is 5.20. The molecule has 16 heavy (non-hydrogen) atoms. The van der Waals surface area contributed by atoms with Crippen LogP contribution >= 0.6 is 0 Å². The highest BCUT2D eigenvalue weighted by Crippen LogP contribution is 2.14. The minimum atomic E-state index is 0.659. The first-order valence-corrected chi connectivity index (χ1v) is 6.28. The Kier molecular flexibility index (Phi) is 4.23. The first-order chi connectivity index (χ1) is 7.86. The lowest BCUT2D eigenvalue weighted by Crippen LogP contribution is -2.31. The molecule has 1 unspecified atom stereocenters. The van der Waals surface area contributed by atoms with Gasteiger partial charge in [-0.25, -0.2) is 0 Å². The number of ether oxygens (including phenoxy) is 1. The second kappa shape index (κ2) is 5.90. The molecule has 1 heterocycles. The van der Waals surface area contributed by atoms with Crippen LogP contribution in [-0.4, -0.2) is 30.6 Å². The van der Waals surface area contributed by atoms with Gasteiger partial charge in [0.05, 0.1) is 6.61 Å². The lowest BCUT2D eigenvalue weighted by atomic mass is 10.2. The first kappa shape index (κ1) is 11.5.